The first-order valence-electron chi connectivity index (χ1n) is 9.75. The lowest BCUT2D eigenvalue weighted by Gasteiger charge is -2.20. The van der Waals surface area contributed by atoms with Crippen LogP contribution in [0.1, 0.15) is 50.8 Å². The van der Waals surface area contributed by atoms with Crippen LogP contribution in [-0.2, 0) is 14.3 Å². The number of nitrogens with one attached hydrogen (secondary N) is 2. The molecule has 1 saturated heterocycles. The molecule has 3 rings (SSSR count). The molecule has 2 aliphatic rings. The van der Waals surface area contributed by atoms with Gasteiger partial charge in [0.05, 0.1) is 6.26 Å². The van der Waals surface area contributed by atoms with E-state index in [1.54, 1.807) is 13.2 Å². The summed E-state index contributed by atoms with van der Waals surface area (Å²) in [6, 6.07) is 1.83. The third-order valence-corrected chi connectivity index (χ3v) is 5.05. The predicted molar refractivity (Wildman–Crippen MR) is 102 cm³/mol. The minimum absolute atomic E-state index is 0.00529. The Morgan fingerprint density at radius 3 is 2.96 bits per heavy atom. The summed E-state index contributed by atoms with van der Waals surface area (Å²) in [5, 5.41) is 9.90. The highest BCUT2D eigenvalue weighted by Gasteiger charge is 2.18. The molecule has 0 aromatic carbocycles. The standard InChI is InChI=1S/C19H29N5O3/c1-15(25)24-10-5-9-23(11-12-24)8-3-2-7-19(26)20-18-14-16(21-22-18)17-6-4-13-27-17/h4,13-14,17H,2-3,5-12H2,1H3,(H2,20,21,22,26). The molecule has 0 radical (unpaired) electrons. The highest BCUT2D eigenvalue weighted by molar-refractivity contribution is 5.89. The number of carbonyl (C=O) groups excluding carboxylic acids is 2. The first-order chi connectivity index (χ1) is 13.1. The number of rotatable bonds is 7. The van der Waals surface area contributed by atoms with Crippen LogP contribution < -0.4 is 5.32 Å². The first-order valence-corrected chi connectivity index (χ1v) is 9.75. The van der Waals surface area contributed by atoms with Crippen molar-refractivity contribution in [1.29, 1.82) is 0 Å². The summed E-state index contributed by atoms with van der Waals surface area (Å²) in [5.74, 6) is 0.767. The molecular weight excluding hydrogens is 346 g/mol. The number of hydrogen-bond acceptors (Lipinski definition) is 5. The predicted octanol–water partition coefficient (Wildman–Crippen LogP) is 2.05. The van der Waals surface area contributed by atoms with E-state index in [1.165, 1.54) is 0 Å². The molecule has 8 nitrogen and oxygen atoms in total. The van der Waals surface area contributed by atoms with Crippen molar-refractivity contribution in [3.05, 3.63) is 24.1 Å². The quantitative estimate of drug-likeness (QED) is 0.712. The molecule has 8 heteroatoms. The summed E-state index contributed by atoms with van der Waals surface area (Å²) in [6.07, 6.45) is 7.71. The molecule has 0 bridgehead atoms. The summed E-state index contributed by atoms with van der Waals surface area (Å²) >= 11 is 0. The average Bonchev–Trinajstić information content (AvgIpc) is 3.26. The number of unbranched alkanes of at least 4 members (excludes halogenated alkanes) is 1. The van der Waals surface area contributed by atoms with E-state index >= 15 is 0 Å². The SMILES string of the molecule is CC(=O)N1CCCN(CCCCC(=O)Nc2cc(C3CC=CO3)n[nH]2)CC1. The fraction of sp³-hybridized carbons (Fsp3) is 0.632. The Kier molecular flexibility index (Phi) is 6.86. The molecule has 1 aromatic heterocycles. The van der Waals surface area contributed by atoms with Gasteiger partial charge in [-0.25, -0.2) is 0 Å². The number of hydrogen-bond donors (Lipinski definition) is 2. The van der Waals surface area contributed by atoms with E-state index in [0.29, 0.717) is 12.2 Å². The monoisotopic (exact) mass is 375 g/mol. The molecule has 3 heterocycles. The van der Waals surface area contributed by atoms with Crippen molar-refractivity contribution in [3.63, 3.8) is 0 Å². The van der Waals surface area contributed by atoms with Gasteiger partial charge < -0.3 is 19.9 Å². The van der Waals surface area contributed by atoms with Gasteiger partial charge in [0.1, 0.15) is 17.6 Å². The van der Waals surface area contributed by atoms with E-state index in [1.807, 2.05) is 17.0 Å². The molecule has 2 N–H and O–H groups in total. The lowest BCUT2D eigenvalue weighted by molar-refractivity contribution is -0.128. The molecule has 1 unspecified atom stereocenters. The minimum Gasteiger partial charge on any atom is -0.492 e. The number of aromatic amines is 1. The molecular formula is C19H29N5O3. The number of carbonyl (C=O) groups is 2. The summed E-state index contributed by atoms with van der Waals surface area (Å²) < 4.78 is 5.42. The van der Waals surface area contributed by atoms with Crippen molar-refractivity contribution in [2.24, 2.45) is 0 Å². The number of aromatic nitrogens is 2. The van der Waals surface area contributed by atoms with Gasteiger partial charge in [0.15, 0.2) is 0 Å². The molecule has 0 aliphatic carbocycles. The third-order valence-electron chi connectivity index (χ3n) is 5.05. The van der Waals surface area contributed by atoms with Gasteiger partial charge in [-0.15, -0.1) is 0 Å². The van der Waals surface area contributed by atoms with Gasteiger partial charge in [0.2, 0.25) is 11.8 Å². The van der Waals surface area contributed by atoms with Crippen molar-refractivity contribution >= 4 is 17.6 Å². The number of nitrogens with zero attached hydrogens (tertiary/aromatic N) is 3. The smallest absolute Gasteiger partial charge is 0.225 e. The Morgan fingerprint density at radius 1 is 1.30 bits per heavy atom. The van der Waals surface area contributed by atoms with Gasteiger partial charge in [0, 0.05) is 45.5 Å². The van der Waals surface area contributed by atoms with Crippen molar-refractivity contribution < 1.29 is 14.3 Å². The van der Waals surface area contributed by atoms with E-state index < -0.39 is 0 Å². The van der Waals surface area contributed by atoms with Crippen molar-refractivity contribution in [3.8, 4) is 0 Å². The number of ether oxygens (including phenoxy) is 1. The summed E-state index contributed by atoms with van der Waals surface area (Å²) in [5.41, 5.74) is 0.802. The van der Waals surface area contributed by atoms with Crippen LogP contribution in [0.4, 0.5) is 5.82 Å². The molecule has 1 fully saturated rings. The fourth-order valence-corrected chi connectivity index (χ4v) is 3.48. The molecule has 27 heavy (non-hydrogen) atoms. The van der Waals surface area contributed by atoms with E-state index in [0.717, 1.165) is 64.1 Å². The maximum absolute atomic E-state index is 12.1. The molecule has 0 spiro atoms. The van der Waals surface area contributed by atoms with Gasteiger partial charge >= 0.3 is 0 Å². The van der Waals surface area contributed by atoms with E-state index in [4.69, 9.17) is 4.74 Å². The van der Waals surface area contributed by atoms with Crippen LogP contribution in [0.15, 0.2) is 18.4 Å². The van der Waals surface area contributed by atoms with Crippen LogP contribution in [0.5, 0.6) is 0 Å². The maximum Gasteiger partial charge on any atom is 0.225 e. The van der Waals surface area contributed by atoms with Crippen LogP contribution >= 0.6 is 0 Å². The zero-order chi connectivity index (χ0) is 19.1. The topological polar surface area (TPSA) is 90.6 Å². The minimum atomic E-state index is -0.0561. The molecule has 2 amide bonds. The molecule has 1 atom stereocenters. The highest BCUT2D eigenvalue weighted by atomic mass is 16.5. The van der Waals surface area contributed by atoms with E-state index in [-0.39, 0.29) is 17.9 Å². The lowest BCUT2D eigenvalue weighted by Crippen LogP contribution is -2.34. The third kappa shape index (κ3) is 5.82. The largest absolute Gasteiger partial charge is 0.492 e. The second kappa shape index (κ2) is 9.55. The van der Waals surface area contributed by atoms with Crippen LogP contribution in [0.25, 0.3) is 0 Å². The number of amides is 2. The number of anilines is 1. The van der Waals surface area contributed by atoms with E-state index in [2.05, 4.69) is 20.4 Å². The van der Waals surface area contributed by atoms with Crippen molar-refractivity contribution in [2.75, 3.05) is 38.0 Å². The average molecular weight is 375 g/mol. The summed E-state index contributed by atoms with van der Waals surface area (Å²) in [7, 11) is 0. The summed E-state index contributed by atoms with van der Waals surface area (Å²) in [4.78, 5) is 27.9. The fourth-order valence-electron chi connectivity index (χ4n) is 3.48. The normalized spacial score (nSPS) is 20.3. The van der Waals surface area contributed by atoms with Crippen LogP contribution in [-0.4, -0.2) is 64.5 Å². The van der Waals surface area contributed by atoms with Gasteiger partial charge in [-0.1, -0.05) is 0 Å². The Morgan fingerprint density at radius 2 is 2.19 bits per heavy atom. The van der Waals surface area contributed by atoms with Crippen LogP contribution in [0.2, 0.25) is 0 Å². The van der Waals surface area contributed by atoms with Crippen molar-refractivity contribution in [1.82, 2.24) is 20.0 Å². The van der Waals surface area contributed by atoms with E-state index in [9.17, 15) is 9.59 Å². The first kappa shape index (κ1) is 19.4. The summed E-state index contributed by atoms with van der Waals surface area (Å²) in [6.45, 7) is 6.19. The van der Waals surface area contributed by atoms with Crippen LogP contribution in [0, 0.1) is 0 Å². The van der Waals surface area contributed by atoms with Gasteiger partial charge in [-0.05, 0) is 38.4 Å². The highest BCUT2D eigenvalue weighted by Crippen LogP contribution is 2.26. The zero-order valence-electron chi connectivity index (χ0n) is 15.9. The van der Waals surface area contributed by atoms with Gasteiger partial charge in [0.25, 0.3) is 0 Å². The molecule has 148 valence electrons. The Bertz CT molecular complexity index is 664. The van der Waals surface area contributed by atoms with Gasteiger partial charge in [-0.2, -0.15) is 5.10 Å². The molecule has 2 aliphatic heterocycles. The maximum atomic E-state index is 12.1. The number of H-pyrrole nitrogens is 1. The van der Waals surface area contributed by atoms with Crippen molar-refractivity contribution in [2.45, 2.75) is 45.1 Å². The van der Waals surface area contributed by atoms with Crippen LogP contribution in [0.3, 0.4) is 0 Å². The van der Waals surface area contributed by atoms with Gasteiger partial charge in [-0.3, -0.25) is 14.7 Å². The molecule has 0 saturated carbocycles. The Hall–Kier alpha value is -2.35. The second-order valence-corrected chi connectivity index (χ2v) is 7.15. The molecule has 1 aromatic rings. The Balaban J connectivity index is 1.31. The zero-order valence-corrected chi connectivity index (χ0v) is 15.9. The Labute approximate surface area is 159 Å². The lowest BCUT2D eigenvalue weighted by atomic mass is 10.2. The second-order valence-electron chi connectivity index (χ2n) is 7.15.